The zero-order chi connectivity index (χ0) is 24.2. The lowest BCUT2D eigenvalue weighted by molar-refractivity contribution is 0.0967. The highest BCUT2D eigenvalue weighted by Gasteiger charge is 2.15. The Kier molecular flexibility index (Phi) is 6.21. The smallest absolute Gasteiger partial charge is 0.306 e. The molecule has 0 unspecified atom stereocenters. The van der Waals surface area contributed by atoms with Crippen molar-refractivity contribution in [3.8, 4) is 28.8 Å². The number of hydrogen-bond acceptors (Lipinski definition) is 9. The maximum Gasteiger partial charge on any atom is 0.306 e. The van der Waals surface area contributed by atoms with Crippen molar-refractivity contribution in [2.24, 2.45) is 12.8 Å². The fourth-order valence-electron chi connectivity index (χ4n) is 2.90. The minimum Gasteiger partial charge on any atom is -0.491 e. The van der Waals surface area contributed by atoms with Crippen LogP contribution < -0.4 is 20.5 Å². The number of ether oxygens (including phenoxy) is 2. The lowest BCUT2D eigenvalue weighted by atomic mass is 10.2. The molecular formula is C22H21N7O5. The molecule has 0 saturated carbocycles. The van der Waals surface area contributed by atoms with Gasteiger partial charge in [-0.25, -0.2) is 4.98 Å². The van der Waals surface area contributed by atoms with Gasteiger partial charge in [-0.2, -0.15) is 5.10 Å². The fourth-order valence-corrected chi connectivity index (χ4v) is 2.90. The van der Waals surface area contributed by atoms with Gasteiger partial charge in [0, 0.05) is 30.9 Å². The second-order valence-corrected chi connectivity index (χ2v) is 7.45. The van der Waals surface area contributed by atoms with Crippen molar-refractivity contribution in [2.45, 2.75) is 20.0 Å². The molecule has 4 aromatic rings. The molecule has 0 radical (unpaired) electrons. The van der Waals surface area contributed by atoms with Crippen LogP contribution in [0.15, 0.2) is 53.2 Å². The molecule has 3 aromatic heterocycles. The van der Waals surface area contributed by atoms with Crippen LogP contribution in [0, 0.1) is 0 Å². The van der Waals surface area contributed by atoms with Crippen LogP contribution >= 0.6 is 0 Å². The van der Waals surface area contributed by atoms with Gasteiger partial charge in [-0.1, -0.05) is 0 Å². The zero-order valence-electron chi connectivity index (χ0n) is 18.6. The van der Waals surface area contributed by atoms with E-state index in [1.54, 1.807) is 54.3 Å². The number of rotatable bonds is 8. The number of aryl methyl sites for hydroxylation is 1. The molecule has 2 amide bonds. The highest BCUT2D eigenvalue weighted by atomic mass is 16.5. The Morgan fingerprint density at radius 2 is 1.88 bits per heavy atom. The van der Waals surface area contributed by atoms with E-state index in [9.17, 15) is 9.59 Å². The number of amides is 2. The molecule has 0 aliphatic heterocycles. The van der Waals surface area contributed by atoms with Crippen molar-refractivity contribution < 1.29 is 23.5 Å². The van der Waals surface area contributed by atoms with E-state index >= 15 is 0 Å². The molecule has 1 aromatic carbocycles. The number of carbonyl (C=O) groups is 2. The molecule has 0 aliphatic carbocycles. The average Bonchev–Trinajstić information content (AvgIpc) is 3.43. The quantitative estimate of drug-likeness (QED) is 0.400. The van der Waals surface area contributed by atoms with Gasteiger partial charge in [0.2, 0.25) is 0 Å². The third-order valence-corrected chi connectivity index (χ3v) is 4.30. The summed E-state index contributed by atoms with van der Waals surface area (Å²) < 4.78 is 18.4. The molecule has 0 fully saturated rings. The summed E-state index contributed by atoms with van der Waals surface area (Å²) in [6.07, 6.45) is 3.05. The van der Waals surface area contributed by atoms with Crippen molar-refractivity contribution >= 4 is 17.6 Å². The average molecular weight is 463 g/mol. The lowest BCUT2D eigenvalue weighted by Gasteiger charge is -2.14. The van der Waals surface area contributed by atoms with Gasteiger partial charge < -0.3 is 24.9 Å². The third-order valence-electron chi connectivity index (χ3n) is 4.30. The van der Waals surface area contributed by atoms with Crippen molar-refractivity contribution in [2.75, 3.05) is 5.32 Å². The van der Waals surface area contributed by atoms with E-state index in [1.165, 1.54) is 6.20 Å². The standard InChI is InChI=1S/C22H21N7O5/c1-12(2)32-15-8-13(20(31)25-18-6-7-29(3)28-18)9-16(10-15)33-14-4-5-17(24-11-14)21-26-27-22(34-21)19(23)30/h4-12H,1-3H3,(H2,23,30)(H,25,28,31). The summed E-state index contributed by atoms with van der Waals surface area (Å²) in [6, 6.07) is 9.77. The first-order valence-electron chi connectivity index (χ1n) is 10.2. The van der Waals surface area contributed by atoms with Crippen LogP contribution in [0.3, 0.4) is 0 Å². The molecule has 3 heterocycles. The number of anilines is 1. The normalized spacial score (nSPS) is 10.8. The van der Waals surface area contributed by atoms with E-state index in [2.05, 4.69) is 25.6 Å². The van der Waals surface area contributed by atoms with Crippen molar-refractivity contribution in [1.29, 1.82) is 0 Å². The third kappa shape index (κ3) is 5.35. The Morgan fingerprint density at radius 1 is 1.09 bits per heavy atom. The Hall–Kier alpha value is -4.74. The van der Waals surface area contributed by atoms with E-state index in [4.69, 9.17) is 19.6 Å². The van der Waals surface area contributed by atoms with E-state index < -0.39 is 5.91 Å². The minimum absolute atomic E-state index is 0.0427. The molecular weight excluding hydrogens is 442 g/mol. The predicted octanol–water partition coefficient (Wildman–Crippen LogP) is 2.80. The summed E-state index contributed by atoms with van der Waals surface area (Å²) in [5.41, 5.74) is 5.78. The second kappa shape index (κ2) is 9.40. The highest BCUT2D eigenvalue weighted by Crippen LogP contribution is 2.29. The number of benzene rings is 1. The number of carbonyl (C=O) groups excluding carboxylic acids is 2. The molecule has 34 heavy (non-hydrogen) atoms. The van der Waals surface area contributed by atoms with Gasteiger partial charge in [0.15, 0.2) is 5.82 Å². The molecule has 0 saturated heterocycles. The number of pyridine rings is 1. The van der Waals surface area contributed by atoms with Crippen LogP contribution in [0.4, 0.5) is 5.82 Å². The minimum atomic E-state index is -0.829. The number of hydrogen-bond donors (Lipinski definition) is 2. The Morgan fingerprint density at radius 3 is 2.50 bits per heavy atom. The van der Waals surface area contributed by atoms with Gasteiger partial charge in [-0.15, -0.1) is 10.2 Å². The monoisotopic (exact) mass is 463 g/mol. The fraction of sp³-hybridized carbons (Fsp3) is 0.182. The molecule has 12 heteroatoms. The zero-order valence-corrected chi connectivity index (χ0v) is 18.6. The van der Waals surface area contributed by atoms with Crippen LogP contribution in [0.25, 0.3) is 11.6 Å². The number of aromatic nitrogens is 5. The maximum absolute atomic E-state index is 12.8. The SMILES string of the molecule is CC(C)Oc1cc(Oc2ccc(-c3nnc(C(N)=O)o3)nc2)cc(C(=O)Nc2ccn(C)n2)c1. The van der Waals surface area contributed by atoms with Gasteiger partial charge in [-0.05, 0) is 38.1 Å². The summed E-state index contributed by atoms with van der Waals surface area (Å²) in [5.74, 6) is 0.178. The Labute approximate surface area is 193 Å². The van der Waals surface area contributed by atoms with Gasteiger partial charge >= 0.3 is 11.8 Å². The topological polar surface area (TPSA) is 160 Å². The van der Waals surface area contributed by atoms with Gasteiger partial charge in [0.1, 0.15) is 22.9 Å². The summed E-state index contributed by atoms with van der Waals surface area (Å²) in [5, 5.41) is 14.2. The first-order valence-corrected chi connectivity index (χ1v) is 10.2. The summed E-state index contributed by atoms with van der Waals surface area (Å²) >= 11 is 0. The predicted molar refractivity (Wildman–Crippen MR) is 119 cm³/mol. The van der Waals surface area contributed by atoms with Crippen molar-refractivity contribution in [3.05, 3.63) is 60.2 Å². The molecule has 4 rings (SSSR count). The lowest BCUT2D eigenvalue weighted by Crippen LogP contribution is -2.13. The summed E-state index contributed by atoms with van der Waals surface area (Å²) in [6.45, 7) is 3.76. The summed E-state index contributed by atoms with van der Waals surface area (Å²) in [4.78, 5) is 28.1. The van der Waals surface area contributed by atoms with E-state index in [0.717, 1.165) is 0 Å². The van der Waals surface area contributed by atoms with Gasteiger partial charge in [0.25, 0.3) is 11.8 Å². The number of nitrogens with two attached hydrogens (primary N) is 1. The molecule has 0 bridgehead atoms. The van der Waals surface area contributed by atoms with Crippen LogP contribution in [-0.4, -0.2) is 42.9 Å². The number of primary amides is 1. The second-order valence-electron chi connectivity index (χ2n) is 7.45. The number of nitrogens with one attached hydrogen (secondary N) is 1. The van der Waals surface area contributed by atoms with Gasteiger partial charge in [-0.3, -0.25) is 14.3 Å². The maximum atomic E-state index is 12.8. The molecule has 0 atom stereocenters. The highest BCUT2D eigenvalue weighted by molar-refractivity contribution is 6.04. The molecule has 174 valence electrons. The van der Waals surface area contributed by atoms with E-state index in [1.807, 2.05) is 13.8 Å². The molecule has 3 N–H and O–H groups in total. The van der Waals surface area contributed by atoms with Crippen LogP contribution in [-0.2, 0) is 7.05 Å². The molecule has 12 nitrogen and oxygen atoms in total. The van der Waals surface area contributed by atoms with Gasteiger partial charge in [0.05, 0.1) is 12.3 Å². The van der Waals surface area contributed by atoms with Crippen LogP contribution in [0.2, 0.25) is 0 Å². The Bertz CT molecular complexity index is 1330. The first kappa shape index (κ1) is 22.5. The van der Waals surface area contributed by atoms with Crippen LogP contribution in [0.1, 0.15) is 34.9 Å². The van der Waals surface area contributed by atoms with Crippen LogP contribution in [0.5, 0.6) is 17.2 Å². The molecule has 0 spiro atoms. The van der Waals surface area contributed by atoms with Crippen molar-refractivity contribution in [3.63, 3.8) is 0 Å². The van der Waals surface area contributed by atoms with E-state index in [-0.39, 0.29) is 23.8 Å². The van der Waals surface area contributed by atoms with E-state index in [0.29, 0.717) is 34.3 Å². The van der Waals surface area contributed by atoms with Crippen molar-refractivity contribution in [1.82, 2.24) is 25.0 Å². The number of nitrogens with zero attached hydrogens (tertiary/aromatic N) is 5. The molecule has 0 aliphatic rings. The Balaban J connectivity index is 1.55. The first-order chi connectivity index (χ1) is 16.3. The largest absolute Gasteiger partial charge is 0.491 e. The summed E-state index contributed by atoms with van der Waals surface area (Å²) in [7, 11) is 1.76.